The van der Waals surface area contributed by atoms with E-state index in [4.69, 9.17) is 22.1 Å². The Labute approximate surface area is 267 Å². The van der Waals surface area contributed by atoms with Crippen molar-refractivity contribution in [3.8, 4) is 0 Å². The molecule has 5 N–H and O–H groups in total. The molecule has 1 heterocycles. The third-order valence-electron chi connectivity index (χ3n) is 7.78. The number of rotatable bonds is 11. The molecule has 0 unspecified atom stereocenters. The molecular formula is C29H31ClF4N6O5S. The first-order valence-corrected chi connectivity index (χ1v) is 15.8. The maximum absolute atomic E-state index is 15.3. The first kappa shape index (κ1) is 34.8. The van der Waals surface area contributed by atoms with Crippen LogP contribution < -0.4 is 21.1 Å². The topological polar surface area (TPSA) is 165 Å². The van der Waals surface area contributed by atoms with Crippen molar-refractivity contribution in [1.29, 1.82) is 0 Å². The van der Waals surface area contributed by atoms with E-state index in [1.54, 1.807) is 19.9 Å². The number of ether oxygens (including phenoxy) is 1. The van der Waals surface area contributed by atoms with Gasteiger partial charge in [0.15, 0.2) is 0 Å². The first-order valence-electron chi connectivity index (χ1n) is 14.0. The number of amides is 1. The number of anilines is 2. The summed E-state index contributed by atoms with van der Waals surface area (Å²) >= 11 is 6.40. The van der Waals surface area contributed by atoms with Crippen molar-refractivity contribution < 1.29 is 40.3 Å². The van der Waals surface area contributed by atoms with E-state index >= 15 is 4.39 Å². The van der Waals surface area contributed by atoms with Crippen molar-refractivity contribution in [2.75, 3.05) is 10.0 Å². The molecule has 1 amide bonds. The summed E-state index contributed by atoms with van der Waals surface area (Å²) in [5.41, 5.74) is 3.63. The van der Waals surface area contributed by atoms with Crippen LogP contribution in [-0.2, 0) is 30.5 Å². The van der Waals surface area contributed by atoms with E-state index in [2.05, 4.69) is 25.3 Å². The van der Waals surface area contributed by atoms with Crippen molar-refractivity contribution in [2.24, 2.45) is 11.7 Å². The standard InChI is InChI=1S/C29H31ClF4N6O5S/c1-16(2)28(35,45-15-41)27(42)39-24-11-18(17-4-3-5-19(10-17)29(32,33)34)6-7-22(24)38-23-13-21(31)25(12-20(23)30)46(43,44)40-26-8-9-36-14-37-26/h3-5,8-10,12-16,18,22,24,38H,6-7,11,35H2,1-2H3,(H,39,42)(H,36,37,40)/t18-,22-,24-,28-/m0/s1. The number of halogens is 5. The molecule has 0 bridgehead atoms. The molecule has 0 spiro atoms. The van der Waals surface area contributed by atoms with Crippen molar-refractivity contribution in [1.82, 2.24) is 15.3 Å². The monoisotopic (exact) mass is 686 g/mol. The number of hydrogen-bond donors (Lipinski definition) is 4. The maximum atomic E-state index is 15.3. The number of carbonyl (C=O) groups excluding carboxylic acids is 2. The third-order valence-corrected chi connectivity index (χ3v) is 9.46. The smallest absolute Gasteiger partial charge is 0.416 e. The zero-order valence-corrected chi connectivity index (χ0v) is 26.1. The molecule has 1 aromatic heterocycles. The summed E-state index contributed by atoms with van der Waals surface area (Å²) in [5.74, 6) is -3.20. The number of nitrogens with zero attached hydrogens (tertiary/aromatic N) is 2. The minimum atomic E-state index is -4.56. The van der Waals surface area contributed by atoms with E-state index in [9.17, 15) is 31.2 Å². The fraction of sp³-hybridized carbons (Fsp3) is 0.379. The van der Waals surface area contributed by atoms with Gasteiger partial charge in [-0.1, -0.05) is 43.6 Å². The van der Waals surface area contributed by atoms with Crippen LogP contribution in [0, 0.1) is 11.7 Å². The minimum absolute atomic E-state index is 0.00562. The third kappa shape index (κ3) is 7.85. The molecular weight excluding hydrogens is 656 g/mol. The van der Waals surface area contributed by atoms with Gasteiger partial charge in [-0.2, -0.15) is 13.2 Å². The molecule has 0 radical (unpaired) electrons. The highest BCUT2D eigenvalue weighted by molar-refractivity contribution is 7.92. The molecule has 0 saturated heterocycles. The predicted molar refractivity (Wildman–Crippen MR) is 161 cm³/mol. The minimum Gasteiger partial charge on any atom is -0.436 e. The van der Waals surface area contributed by atoms with Crippen LogP contribution >= 0.6 is 11.6 Å². The Hall–Kier alpha value is -4.02. The van der Waals surface area contributed by atoms with Crippen molar-refractivity contribution in [3.63, 3.8) is 0 Å². The lowest BCUT2D eigenvalue weighted by Crippen LogP contribution is -2.63. The van der Waals surface area contributed by atoms with Gasteiger partial charge in [-0.25, -0.2) is 22.8 Å². The molecule has 1 saturated carbocycles. The summed E-state index contributed by atoms with van der Waals surface area (Å²) in [7, 11) is -4.45. The second-order valence-corrected chi connectivity index (χ2v) is 13.1. The molecule has 46 heavy (non-hydrogen) atoms. The van der Waals surface area contributed by atoms with Gasteiger partial charge in [0.1, 0.15) is 22.9 Å². The first-order chi connectivity index (χ1) is 21.5. The SMILES string of the molecule is CC(C)[C@](N)(OC=O)C(=O)N[C@H]1C[C@@H](c2cccc(C(F)(F)F)c2)CC[C@@H]1Nc1cc(F)c(S(=O)(=O)Nc2ccncn2)cc1Cl. The molecule has 11 nitrogen and oxygen atoms in total. The Bertz CT molecular complexity index is 1680. The maximum Gasteiger partial charge on any atom is 0.416 e. The van der Waals surface area contributed by atoms with Crippen LogP contribution in [0.25, 0.3) is 0 Å². The number of hydrogen-bond acceptors (Lipinski definition) is 9. The molecule has 1 aliphatic carbocycles. The van der Waals surface area contributed by atoms with E-state index in [-0.39, 0.29) is 35.8 Å². The number of carbonyl (C=O) groups is 2. The highest BCUT2D eigenvalue weighted by Gasteiger charge is 2.43. The van der Waals surface area contributed by atoms with E-state index in [0.717, 1.165) is 30.6 Å². The Morgan fingerprint density at radius 1 is 1.15 bits per heavy atom. The van der Waals surface area contributed by atoms with Crippen LogP contribution in [0.1, 0.15) is 50.2 Å². The number of sulfonamides is 1. The van der Waals surface area contributed by atoms with Crippen LogP contribution in [-0.4, -0.2) is 48.6 Å². The summed E-state index contributed by atoms with van der Waals surface area (Å²) in [6.45, 7) is 3.16. The number of nitrogens with one attached hydrogen (secondary N) is 3. The van der Waals surface area contributed by atoms with Crippen molar-refractivity contribution in [2.45, 2.75) is 67.9 Å². The molecule has 3 aromatic rings. The average molecular weight is 687 g/mol. The fourth-order valence-electron chi connectivity index (χ4n) is 5.18. The number of nitrogens with two attached hydrogens (primary N) is 1. The van der Waals surface area contributed by atoms with Gasteiger partial charge in [0.05, 0.1) is 16.3 Å². The lowest BCUT2D eigenvalue weighted by molar-refractivity contribution is -0.163. The second-order valence-electron chi connectivity index (χ2n) is 11.1. The molecule has 0 aliphatic heterocycles. The number of aromatic nitrogens is 2. The van der Waals surface area contributed by atoms with Crippen LogP contribution in [0.5, 0.6) is 0 Å². The summed E-state index contributed by atoms with van der Waals surface area (Å²) in [6, 6.07) is 6.41. The van der Waals surface area contributed by atoms with Gasteiger partial charge in [0, 0.05) is 24.2 Å². The van der Waals surface area contributed by atoms with Crippen molar-refractivity contribution >= 4 is 45.5 Å². The summed E-state index contributed by atoms with van der Waals surface area (Å²) in [5, 5.41) is 5.62. The molecule has 2 aromatic carbocycles. The summed E-state index contributed by atoms with van der Waals surface area (Å²) in [4.78, 5) is 31.2. The Balaban J connectivity index is 1.63. The Morgan fingerprint density at radius 3 is 2.52 bits per heavy atom. The van der Waals surface area contributed by atoms with E-state index in [1.165, 1.54) is 18.3 Å². The summed E-state index contributed by atoms with van der Waals surface area (Å²) in [6.07, 6.45) is -1.42. The fourth-order valence-corrected chi connectivity index (χ4v) is 6.55. The van der Waals surface area contributed by atoms with Crippen LogP contribution in [0.2, 0.25) is 5.02 Å². The van der Waals surface area contributed by atoms with E-state index in [0.29, 0.717) is 12.0 Å². The van der Waals surface area contributed by atoms with Crippen LogP contribution in [0.4, 0.5) is 29.1 Å². The highest BCUT2D eigenvalue weighted by atomic mass is 35.5. The normalized spacial score (nSPS) is 20.0. The van der Waals surface area contributed by atoms with Crippen molar-refractivity contribution in [3.05, 3.63) is 77.0 Å². The molecule has 4 rings (SSSR count). The number of benzene rings is 2. The quantitative estimate of drug-likeness (QED) is 0.126. The van der Waals surface area contributed by atoms with Gasteiger partial charge in [-0.05, 0) is 55.0 Å². The lowest BCUT2D eigenvalue weighted by Gasteiger charge is -2.40. The Morgan fingerprint density at radius 2 is 1.89 bits per heavy atom. The second kappa shape index (κ2) is 13.8. The zero-order valence-electron chi connectivity index (χ0n) is 24.5. The molecule has 248 valence electrons. The average Bonchev–Trinajstić information content (AvgIpc) is 2.99. The molecule has 17 heteroatoms. The van der Waals surface area contributed by atoms with Gasteiger partial charge >= 0.3 is 6.18 Å². The molecule has 1 fully saturated rings. The van der Waals surface area contributed by atoms with Crippen LogP contribution in [0.15, 0.2) is 59.9 Å². The van der Waals surface area contributed by atoms with Gasteiger partial charge in [0.25, 0.3) is 22.4 Å². The summed E-state index contributed by atoms with van der Waals surface area (Å²) < 4.78 is 88.3. The van der Waals surface area contributed by atoms with Gasteiger partial charge in [0.2, 0.25) is 5.72 Å². The van der Waals surface area contributed by atoms with E-state index < -0.39 is 68.0 Å². The largest absolute Gasteiger partial charge is 0.436 e. The van der Waals surface area contributed by atoms with Gasteiger partial charge in [-0.15, -0.1) is 0 Å². The lowest BCUT2D eigenvalue weighted by atomic mass is 9.78. The predicted octanol–water partition coefficient (Wildman–Crippen LogP) is 4.81. The van der Waals surface area contributed by atoms with Gasteiger partial charge in [-0.3, -0.25) is 20.0 Å². The van der Waals surface area contributed by atoms with Crippen LogP contribution in [0.3, 0.4) is 0 Å². The Kier molecular flexibility index (Phi) is 10.4. The molecule has 4 atom stereocenters. The molecule has 1 aliphatic rings. The number of alkyl halides is 3. The van der Waals surface area contributed by atoms with E-state index in [1.807, 2.05) is 0 Å². The highest BCUT2D eigenvalue weighted by Crippen LogP contribution is 2.39. The van der Waals surface area contributed by atoms with Gasteiger partial charge < -0.3 is 15.4 Å². The zero-order chi connectivity index (χ0) is 33.9.